The number of ketones is 1. The molecule has 19 heavy (non-hydrogen) atoms. The van der Waals surface area contributed by atoms with Crippen LogP contribution in [0.25, 0.3) is 10.9 Å². The SMILES string of the molecule is Cc1c(Br)cccc1C(=O)c1c[nH]c2ccccc12. The maximum Gasteiger partial charge on any atom is 0.195 e. The molecule has 1 N–H and O–H groups in total. The zero-order valence-corrected chi connectivity index (χ0v) is 12.0. The molecule has 94 valence electrons. The van der Waals surface area contributed by atoms with Crippen LogP contribution in [-0.4, -0.2) is 10.8 Å². The van der Waals surface area contributed by atoms with Gasteiger partial charge in [-0.25, -0.2) is 0 Å². The lowest BCUT2D eigenvalue weighted by Crippen LogP contribution is -2.03. The van der Waals surface area contributed by atoms with Gasteiger partial charge in [0.2, 0.25) is 0 Å². The van der Waals surface area contributed by atoms with Gasteiger partial charge in [-0.15, -0.1) is 0 Å². The molecule has 0 radical (unpaired) electrons. The summed E-state index contributed by atoms with van der Waals surface area (Å²) < 4.78 is 0.957. The van der Waals surface area contributed by atoms with Crippen LogP contribution in [0.2, 0.25) is 0 Å². The Morgan fingerprint density at radius 2 is 1.84 bits per heavy atom. The molecule has 0 aliphatic heterocycles. The molecule has 0 aliphatic carbocycles. The highest BCUT2D eigenvalue weighted by Gasteiger charge is 2.16. The number of aromatic amines is 1. The van der Waals surface area contributed by atoms with Crippen molar-refractivity contribution in [3.05, 3.63) is 69.8 Å². The minimum absolute atomic E-state index is 0.0521. The van der Waals surface area contributed by atoms with Gasteiger partial charge in [-0.1, -0.05) is 46.3 Å². The Bertz CT molecular complexity index is 773. The average Bonchev–Trinajstić information content (AvgIpc) is 2.85. The number of carbonyl (C=O) groups is 1. The molecule has 3 rings (SSSR count). The molecule has 3 heteroatoms. The van der Waals surface area contributed by atoms with Gasteiger partial charge in [0.15, 0.2) is 5.78 Å². The van der Waals surface area contributed by atoms with Crippen LogP contribution in [0.3, 0.4) is 0 Å². The van der Waals surface area contributed by atoms with E-state index in [9.17, 15) is 4.79 Å². The molecule has 1 heterocycles. The van der Waals surface area contributed by atoms with E-state index in [1.807, 2.05) is 49.4 Å². The molecule has 0 spiro atoms. The van der Waals surface area contributed by atoms with Gasteiger partial charge in [0, 0.05) is 32.7 Å². The molecule has 0 unspecified atom stereocenters. The number of halogens is 1. The predicted molar refractivity (Wildman–Crippen MR) is 80.6 cm³/mol. The van der Waals surface area contributed by atoms with Gasteiger partial charge in [0.05, 0.1) is 0 Å². The maximum absolute atomic E-state index is 12.7. The lowest BCUT2D eigenvalue weighted by atomic mass is 9.99. The van der Waals surface area contributed by atoms with Crippen LogP contribution in [0.1, 0.15) is 21.5 Å². The van der Waals surface area contributed by atoms with Gasteiger partial charge in [0.25, 0.3) is 0 Å². The number of aromatic nitrogens is 1. The molecule has 2 nitrogen and oxygen atoms in total. The third-order valence-corrected chi connectivity index (χ3v) is 4.21. The van der Waals surface area contributed by atoms with E-state index in [0.717, 1.165) is 32.1 Å². The van der Waals surface area contributed by atoms with Gasteiger partial charge in [-0.3, -0.25) is 4.79 Å². The minimum atomic E-state index is 0.0521. The van der Waals surface area contributed by atoms with Crippen molar-refractivity contribution in [1.82, 2.24) is 4.98 Å². The lowest BCUT2D eigenvalue weighted by molar-refractivity contribution is 0.103. The largest absolute Gasteiger partial charge is 0.360 e. The molecule has 3 aromatic rings. The number of H-pyrrole nitrogens is 1. The van der Waals surface area contributed by atoms with Crippen LogP contribution < -0.4 is 0 Å². The zero-order valence-electron chi connectivity index (χ0n) is 10.4. The Hall–Kier alpha value is -1.87. The number of hydrogen-bond donors (Lipinski definition) is 1. The summed E-state index contributed by atoms with van der Waals surface area (Å²) in [6.07, 6.45) is 1.79. The van der Waals surface area contributed by atoms with Crippen LogP contribution in [0.5, 0.6) is 0 Å². The second-order valence-electron chi connectivity index (χ2n) is 4.49. The van der Waals surface area contributed by atoms with Crippen molar-refractivity contribution in [3.63, 3.8) is 0 Å². The summed E-state index contributed by atoms with van der Waals surface area (Å²) in [5.41, 5.74) is 3.41. The second-order valence-corrected chi connectivity index (χ2v) is 5.34. The third kappa shape index (κ3) is 2.00. The van der Waals surface area contributed by atoms with E-state index in [4.69, 9.17) is 0 Å². The molecule has 0 amide bonds. The lowest BCUT2D eigenvalue weighted by Gasteiger charge is -2.05. The van der Waals surface area contributed by atoms with Gasteiger partial charge in [0.1, 0.15) is 0 Å². The molecule has 0 fully saturated rings. The number of para-hydroxylation sites is 1. The topological polar surface area (TPSA) is 32.9 Å². The number of carbonyl (C=O) groups excluding carboxylic acids is 1. The first-order chi connectivity index (χ1) is 9.18. The third-order valence-electron chi connectivity index (χ3n) is 3.35. The van der Waals surface area contributed by atoms with Crippen molar-refractivity contribution in [2.24, 2.45) is 0 Å². The normalized spacial score (nSPS) is 10.8. The van der Waals surface area contributed by atoms with Crippen LogP contribution in [0.15, 0.2) is 53.1 Å². The number of benzene rings is 2. The standard InChI is InChI=1S/C16H12BrNO/c1-10-11(6-4-7-14(10)17)16(19)13-9-18-15-8-3-2-5-12(13)15/h2-9,18H,1H3. The summed E-state index contributed by atoms with van der Waals surface area (Å²) in [4.78, 5) is 15.8. The molecule has 0 saturated carbocycles. The Labute approximate surface area is 119 Å². The van der Waals surface area contributed by atoms with E-state index in [1.54, 1.807) is 6.20 Å². The van der Waals surface area contributed by atoms with Crippen molar-refractivity contribution in [2.45, 2.75) is 6.92 Å². The summed E-state index contributed by atoms with van der Waals surface area (Å²) in [7, 11) is 0. The highest BCUT2D eigenvalue weighted by atomic mass is 79.9. The van der Waals surface area contributed by atoms with E-state index in [1.165, 1.54) is 0 Å². The van der Waals surface area contributed by atoms with E-state index in [0.29, 0.717) is 0 Å². The van der Waals surface area contributed by atoms with Crippen LogP contribution in [-0.2, 0) is 0 Å². The smallest absolute Gasteiger partial charge is 0.195 e. The maximum atomic E-state index is 12.7. The summed E-state index contributed by atoms with van der Waals surface area (Å²) in [5, 5.41) is 0.965. The highest BCUT2D eigenvalue weighted by Crippen LogP contribution is 2.25. The summed E-state index contributed by atoms with van der Waals surface area (Å²) in [6.45, 7) is 1.95. The molecule has 2 aromatic carbocycles. The van der Waals surface area contributed by atoms with Crippen LogP contribution in [0.4, 0.5) is 0 Å². The Morgan fingerprint density at radius 1 is 1.05 bits per heavy atom. The van der Waals surface area contributed by atoms with Crippen molar-refractivity contribution in [2.75, 3.05) is 0 Å². The summed E-state index contributed by atoms with van der Waals surface area (Å²) in [6, 6.07) is 13.5. The molecular formula is C16H12BrNO. The predicted octanol–water partition coefficient (Wildman–Crippen LogP) is 4.47. The minimum Gasteiger partial charge on any atom is -0.360 e. The highest BCUT2D eigenvalue weighted by molar-refractivity contribution is 9.10. The van der Waals surface area contributed by atoms with E-state index in [-0.39, 0.29) is 5.78 Å². The average molecular weight is 314 g/mol. The van der Waals surface area contributed by atoms with Crippen molar-refractivity contribution >= 4 is 32.6 Å². The van der Waals surface area contributed by atoms with Gasteiger partial charge >= 0.3 is 0 Å². The first-order valence-electron chi connectivity index (χ1n) is 6.04. The fraction of sp³-hybridized carbons (Fsp3) is 0.0625. The van der Waals surface area contributed by atoms with E-state index < -0.39 is 0 Å². The zero-order chi connectivity index (χ0) is 13.4. The fourth-order valence-corrected chi connectivity index (χ4v) is 2.62. The molecule has 0 atom stereocenters. The number of nitrogens with one attached hydrogen (secondary N) is 1. The van der Waals surface area contributed by atoms with E-state index in [2.05, 4.69) is 20.9 Å². The Kier molecular flexibility index (Phi) is 2.99. The Balaban J connectivity index is 2.17. The Morgan fingerprint density at radius 3 is 2.68 bits per heavy atom. The van der Waals surface area contributed by atoms with Crippen molar-refractivity contribution in [1.29, 1.82) is 0 Å². The van der Waals surface area contributed by atoms with Gasteiger partial charge in [-0.05, 0) is 24.6 Å². The quantitative estimate of drug-likeness (QED) is 0.696. The first kappa shape index (κ1) is 12.2. The van der Waals surface area contributed by atoms with E-state index >= 15 is 0 Å². The van der Waals surface area contributed by atoms with Crippen LogP contribution >= 0.6 is 15.9 Å². The number of fused-ring (bicyclic) bond motifs is 1. The van der Waals surface area contributed by atoms with Crippen LogP contribution in [0, 0.1) is 6.92 Å². The van der Waals surface area contributed by atoms with Crippen molar-refractivity contribution in [3.8, 4) is 0 Å². The second kappa shape index (κ2) is 4.67. The fourth-order valence-electron chi connectivity index (χ4n) is 2.26. The molecule has 0 saturated heterocycles. The summed E-state index contributed by atoms with van der Waals surface area (Å²) in [5.74, 6) is 0.0521. The van der Waals surface area contributed by atoms with Gasteiger partial charge in [-0.2, -0.15) is 0 Å². The molecular weight excluding hydrogens is 302 g/mol. The number of hydrogen-bond acceptors (Lipinski definition) is 1. The van der Waals surface area contributed by atoms with Gasteiger partial charge < -0.3 is 4.98 Å². The summed E-state index contributed by atoms with van der Waals surface area (Å²) >= 11 is 3.47. The molecule has 0 aliphatic rings. The molecule has 0 bridgehead atoms. The first-order valence-corrected chi connectivity index (χ1v) is 6.83. The molecule has 1 aromatic heterocycles. The number of rotatable bonds is 2. The van der Waals surface area contributed by atoms with Crippen molar-refractivity contribution < 1.29 is 4.79 Å². The monoisotopic (exact) mass is 313 g/mol.